The van der Waals surface area contributed by atoms with Gasteiger partial charge in [-0.15, -0.1) is 0 Å². The van der Waals surface area contributed by atoms with Gasteiger partial charge >= 0.3 is 7.82 Å². The van der Waals surface area contributed by atoms with E-state index in [0.29, 0.717) is 0 Å². The molecule has 1 rings (SSSR count). The van der Waals surface area contributed by atoms with Crippen molar-refractivity contribution in [3.63, 3.8) is 0 Å². The molecule has 108 valence electrons. The number of phosphoric acid groups is 1. The minimum absolute atomic E-state index is 0.0211. The number of methoxy groups -OCH3 is 1. The second-order valence-electron chi connectivity index (χ2n) is 4.05. The summed E-state index contributed by atoms with van der Waals surface area (Å²) in [5, 5.41) is 29.0. The number of aliphatic hydroxyl groups excluding tert-OH is 2. The number of ether oxygens (including phenoxy) is 2. The Bertz CT molecular complexity index is 318. The number of rotatable bonds is 5. The summed E-state index contributed by atoms with van der Waals surface area (Å²) in [5.74, 6) is -2.40. The lowest BCUT2D eigenvalue weighted by atomic mass is 9.96. The minimum atomic E-state index is -4.82. The first-order valence-corrected chi connectivity index (χ1v) is 6.66. The van der Waals surface area contributed by atoms with E-state index in [0.717, 1.165) is 0 Å². The second-order valence-corrected chi connectivity index (χ2v) is 5.29. The van der Waals surface area contributed by atoms with Gasteiger partial charge in [0, 0.05) is 13.5 Å². The van der Waals surface area contributed by atoms with Crippen molar-refractivity contribution in [3.05, 3.63) is 0 Å². The molecular weight excluding hydrogens is 271 g/mol. The first-order valence-electron chi connectivity index (χ1n) is 5.13. The van der Waals surface area contributed by atoms with Gasteiger partial charge in [0.25, 0.3) is 0 Å². The summed E-state index contributed by atoms with van der Waals surface area (Å²) >= 11 is 0. The zero-order chi connectivity index (χ0) is 14.0. The van der Waals surface area contributed by atoms with Crippen LogP contribution in [-0.4, -0.2) is 69.5 Å². The van der Waals surface area contributed by atoms with Crippen molar-refractivity contribution < 1.29 is 43.7 Å². The van der Waals surface area contributed by atoms with Crippen LogP contribution in [-0.2, 0) is 18.6 Å². The maximum absolute atomic E-state index is 10.5. The highest BCUT2D eigenvalue weighted by molar-refractivity contribution is 7.46. The molecule has 9 nitrogen and oxygen atoms in total. The summed E-state index contributed by atoms with van der Waals surface area (Å²) in [7, 11) is -3.44. The van der Waals surface area contributed by atoms with Gasteiger partial charge < -0.3 is 34.6 Å². The molecule has 0 aromatic heterocycles. The third kappa shape index (κ3) is 4.23. The molecule has 0 spiro atoms. The zero-order valence-corrected chi connectivity index (χ0v) is 10.6. The molecule has 4 atom stereocenters. The van der Waals surface area contributed by atoms with Gasteiger partial charge in [-0.3, -0.25) is 4.52 Å². The molecule has 1 aliphatic rings. The Balaban J connectivity index is 2.72. The van der Waals surface area contributed by atoms with Gasteiger partial charge in [-0.2, -0.15) is 0 Å². The maximum atomic E-state index is 10.5. The Morgan fingerprint density at radius 3 is 2.56 bits per heavy atom. The Morgan fingerprint density at radius 1 is 1.44 bits per heavy atom. The predicted octanol–water partition coefficient (Wildman–Crippen LogP) is -2.06. The van der Waals surface area contributed by atoms with Gasteiger partial charge in [0.2, 0.25) is 5.79 Å². The molecule has 1 aliphatic heterocycles. The molecule has 0 bridgehead atoms. The average Bonchev–Trinajstić information content (AvgIpc) is 2.23. The Hall–Kier alpha value is -0.0900. The van der Waals surface area contributed by atoms with Crippen LogP contribution in [0.1, 0.15) is 6.42 Å². The highest BCUT2D eigenvalue weighted by Crippen LogP contribution is 2.39. The monoisotopic (exact) mass is 288 g/mol. The SMILES string of the molecule is COCC1CC(O)C(O)[C@](O)(COP(=O)(O)O)O1. The van der Waals surface area contributed by atoms with Crippen molar-refractivity contribution in [1.29, 1.82) is 0 Å². The molecule has 18 heavy (non-hydrogen) atoms. The van der Waals surface area contributed by atoms with Crippen molar-refractivity contribution in [2.45, 2.75) is 30.5 Å². The molecule has 0 amide bonds. The third-order valence-corrected chi connectivity index (χ3v) is 2.96. The summed E-state index contributed by atoms with van der Waals surface area (Å²) in [6, 6.07) is 0. The molecule has 3 unspecified atom stereocenters. The largest absolute Gasteiger partial charge is 0.469 e. The quantitative estimate of drug-likeness (QED) is 0.360. The van der Waals surface area contributed by atoms with Gasteiger partial charge in [-0.25, -0.2) is 4.57 Å². The lowest BCUT2D eigenvalue weighted by molar-refractivity contribution is -0.334. The van der Waals surface area contributed by atoms with Gasteiger partial charge in [0.05, 0.1) is 18.8 Å². The van der Waals surface area contributed by atoms with Crippen molar-refractivity contribution in [2.75, 3.05) is 20.3 Å². The molecule has 0 radical (unpaired) electrons. The van der Waals surface area contributed by atoms with Crippen LogP contribution in [0, 0.1) is 0 Å². The van der Waals surface area contributed by atoms with Gasteiger partial charge in [0.1, 0.15) is 12.7 Å². The third-order valence-electron chi connectivity index (χ3n) is 2.49. The summed E-state index contributed by atoms with van der Waals surface area (Å²) in [5.41, 5.74) is 0. The van der Waals surface area contributed by atoms with E-state index in [1.807, 2.05) is 0 Å². The fourth-order valence-electron chi connectivity index (χ4n) is 1.69. The molecule has 10 heteroatoms. The average molecular weight is 288 g/mol. The summed E-state index contributed by atoms with van der Waals surface area (Å²) < 4.78 is 24.5. The van der Waals surface area contributed by atoms with Crippen molar-refractivity contribution in [1.82, 2.24) is 0 Å². The normalized spacial score (nSPS) is 37.8. The summed E-state index contributed by atoms with van der Waals surface area (Å²) in [6.45, 7) is -0.933. The summed E-state index contributed by atoms with van der Waals surface area (Å²) in [4.78, 5) is 17.1. The molecule has 0 aromatic carbocycles. The van der Waals surface area contributed by atoms with E-state index in [2.05, 4.69) is 4.52 Å². The van der Waals surface area contributed by atoms with Crippen LogP contribution in [0.15, 0.2) is 0 Å². The van der Waals surface area contributed by atoms with Gasteiger partial charge in [0.15, 0.2) is 0 Å². The second kappa shape index (κ2) is 5.91. The highest BCUT2D eigenvalue weighted by Gasteiger charge is 2.49. The van der Waals surface area contributed by atoms with Crippen molar-refractivity contribution in [2.24, 2.45) is 0 Å². The van der Waals surface area contributed by atoms with Crippen LogP contribution < -0.4 is 0 Å². The van der Waals surface area contributed by atoms with Crippen molar-refractivity contribution >= 4 is 7.82 Å². The maximum Gasteiger partial charge on any atom is 0.469 e. The van der Waals surface area contributed by atoms with E-state index in [1.165, 1.54) is 7.11 Å². The number of hydrogen-bond donors (Lipinski definition) is 5. The minimum Gasteiger partial charge on any atom is -0.390 e. The van der Waals surface area contributed by atoms with Crippen LogP contribution in [0.25, 0.3) is 0 Å². The van der Waals surface area contributed by atoms with Crippen molar-refractivity contribution in [3.8, 4) is 0 Å². The molecule has 5 N–H and O–H groups in total. The van der Waals surface area contributed by atoms with Crippen LogP contribution >= 0.6 is 7.82 Å². The molecule has 1 saturated heterocycles. The smallest absolute Gasteiger partial charge is 0.390 e. The van der Waals surface area contributed by atoms with E-state index in [-0.39, 0.29) is 13.0 Å². The Morgan fingerprint density at radius 2 is 2.06 bits per heavy atom. The lowest BCUT2D eigenvalue weighted by Crippen LogP contribution is -2.60. The topological polar surface area (TPSA) is 146 Å². The molecule has 1 fully saturated rings. The van der Waals surface area contributed by atoms with Gasteiger partial charge in [-0.1, -0.05) is 0 Å². The molecule has 0 aliphatic carbocycles. The van der Waals surface area contributed by atoms with E-state index in [9.17, 15) is 19.9 Å². The Labute approximate surface area is 103 Å². The summed E-state index contributed by atoms with van der Waals surface area (Å²) in [6.07, 6.45) is -3.76. The van der Waals surface area contributed by atoms with Crippen LogP contribution in [0.4, 0.5) is 0 Å². The first kappa shape index (κ1) is 16.0. The predicted molar refractivity (Wildman–Crippen MR) is 56.3 cm³/mol. The zero-order valence-electron chi connectivity index (χ0n) is 9.67. The van der Waals surface area contributed by atoms with Crippen LogP contribution in [0.3, 0.4) is 0 Å². The van der Waals surface area contributed by atoms with Crippen LogP contribution in [0.2, 0.25) is 0 Å². The lowest BCUT2D eigenvalue weighted by Gasteiger charge is -2.42. The van der Waals surface area contributed by atoms with E-state index in [4.69, 9.17) is 19.3 Å². The number of phosphoric ester groups is 1. The number of hydrogen-bond acceptors (Lipinski definition) is 7. The highest BCUT2D eigenvalue weighted by atomic mass is 31.2. The Kier molecular flexibility index (Phi) is 5.24. The fraction of sp³-hybridized carbons (Fsp3) is 1.00. The molecule has 0 saturated carbocycles. The standard InChI is InChI=1S/C8H17O9P/c1-15-3-5-2-6(9)7(10)8(11,17-5)4-16-18(12,13)14/h5-7,9-11H,2-4H2,1H3,(H2,12,13,14)/t5?,6?,7?,8-/m0/s1. The molecule has 1 heterocycles. The van der Waals surface area contributed by atoms with E-state index >= 15 is 0 Å². The van der Waals surface area contributed by atoms with E-state index < -0.39 is 38.5 Å². The van der Waals surface area contributed by atoms with Crippen LogP contribution in [0.5, 0.6) is 0 Å². The molecule has 0 aromatic rings. The van der Waals surface area contributed by atoms with E-state index in [1.54, 1.807) is 0 Å². The fourth-order valence-corrected chi connectivity index (χ4v) is 2.04. The first-order chi connectivity index (χ1) is 8.18. The molecular formula is C8H17O9P. The number of aliphatic hydroxyl groups is 3. The van der Waals surface area contributed by atoms with Gasteiger partial charge in [-0.05, 0) is 0 Å².